The molecule has 0 aromatic heterocycles. The van der Waals surface area contributed by atoms with Crippen LogP contribution in [0.3, 0.4) is 0 Å². The van der Waals surface area contributed by atoms with Gasteiger partial charge in [-0.15, -0.1) is 12.4 Å². The second-order valence-corrected chi connectivity index (χ2v) is 6.27. The highest BCUT2D eigenvalue weighted by atomic mass is 35.5. The van der Waals surface area contributed by atoms with Crippen LogP contribution in [0.4, 0.5) is 0 Å². The van der Waals surface area contributed by atoms with Crippen LogP contribution in [0.2, 0.25) is 0 Å². The molecule has 3 aromatic rings. The van der Waals surface area contributed by atoms with Gasteiger partial charge in [0.1, 0.15) is 5.75 Å². The quantitative estimate of drug-likeness (QED) is 0.614. The molecule has 1 atom stereocenters. The van der Waals surface area contributed by atoms with Gasteiger partial charge in [0.05, 0.1) is 7.11 Å². The Kier molecular flexibility index (Phi) is 7.30. The number of benzene rings is 3. The minimum atomic E-state index is 0. The lowest BCUT2D eigenvalue weighted by Gasteiger charge is -2.17. The highest BCUT2D eigenvalue weighted by molar-refractivity contribution is 5.87. The molecule has 0 fully saturated rings. The Morgan fingerprint density at radius 2 is 1.64 bits per heavy atom. The molecule has 0 bridgehead atoms. The third kappa shape index (κ3) is 4.97. The summed E-state index contributed by atoms with van der Waals surface area (Å²) in [6.07, 6.45) is 2.22. The molecule has 0 saturated heterocycles. The average molecular weight is 356 g/mol. The zero-order chi connectivity index (χ0) is 16.8. The fourth-order valence-electron chi connectivity index (χ4n) is 3.10. The second-order valence-electron chi connectivity index (χ2n) is 6.27. The van der Waals surface area contributed by atoms with Crippen LogP contribution in [0.5, 0.6) is 5.75 Å². The number of halogens is 1. The van der Waals surface area contributed by atoms with Gasteiger partial charge in [-0.05, 0) is 42.2 Å². The fraction of sp³-hybridized carbons (Fsp3) is 0.273. The molecule has 132 valence electrons. The van der Waals surface area contributed by atoms with Crippen LogP contribution in [0.1, 0.15) is 24.5 Å². The maximum Gasteiger partial charge on any atom is 0.123 e. The SMILES string of the molecule is COc1ccc2ccccc2c1CNC(C)CCc1ccccc1.Cl. The summed E-state index contributed by atoms with van der Waals surface area (Å²) in [6, 6.07) is 23.8. The minimum Gasteiger partial charge on any atom is -0.496 e. The van der Waals surface area contributed by atoms with Gasteiger partial charge in [0.25, 0.3) is 0 Å². The molecule has 1 unspecified atom stereocenters. The Hall–Kier alpha value is -2.03. The van der Waals surface area contributed by atoms with Gasteiger partial charge in [-0.3, -0.25) is 0 Å². The standard InChI is InChI=1S/C22H25NO.ClH/c1-17(12-13-18-8-4-3-5-9-18)23-16-21-20-11-7-6-10-19(20)14-15-22(21)24-2;/h3-11,14-15,17,23H,12-13,16H2,1-2H3;1H. The maximum atomic E-state index is 5.58. The van der Waals surface area contributed by atoms with Crippen molar-refractivity contribution in [3.8, 4) is 5.75 Å². The van der Waals surface area contributed by atoms with Gasteiger partial charge in [-0.25, -0.2) is 0 Å². The lowest BCUT2D eigenvalue weighted by molar-refractivity contribution is 0.406. The first kappa shape index (κ1) is 19.3. The van der Waals surface area contributed by atoms with E-state index in [1.165, 1.54) is 21.9 Å². The third-order valence-corrected chi connectivity index (χ3v) is 4.55. The first-order valence-corrected chi connectivity index (χ1v) is 8.60. The monoisotopic (exact) mass is 355 g/mol. The Bertz CT molecular complexity index is 788. The molecule has 1 N–H and O–H groups in total. The van der Waals surface area contributed by atoms with Gasteiger partial charge in [-0.1, -0.05) is 60.7 Å². The largest absolute Gasteiger partial charge is 0.496 e. The number of ether oxygens (including phenoxy) is 1. The Labute approximate surface area is 156 Å². The molecule has 0 spiro atoms. The molecule has 0 aliphatic heterocycles. The summed E-state index contributed by atoms with van der Waals surface area (Å²) in [5, 5.41) is 6.18. The summed E-state index contributed by atoms with van der Waals surface area (Å²) in [6.45, 7) is 3.07. The van der Waals surface area contributed by atoms with Crippen LogP contribution in [0.25, 0.3) is 10.8 Å². The summed E-state index contributed by atoms with van der Waals surface area (Å²) in [5.74, 6) is 0.955. The second kappa shape index (κ2) is 9.45. The molecule has 25 heavy (non-hydrogen) atoms. The molecule has 0 amide bonds. The van der Waals surface area contributed by atoms with E-state index in [-0.39, 0.29) is 12.4 Å². The molecule has 0 radical (unpaired) electrons. The normalized spacial score (nSPS) is 11.8. The number of fused-ring (bicyclic) bond motifs is 1. The van der Waals surface area contributed by atoms with Crippen LogP contribution in [-0.4, -0.2) is 13.2 Å². The minimum absolute atomic E-state index is 0. The average Bonchev–Trinajstić information content (AvgIpc) is 2.65. The lowest BCUT2D eigenvalue weighted by atomic mass is 10.0. The molecule has 2 nitrogen and oxygen atoms in total. The van der Waals surface area contributed by atoms with Crippen molar-refractivity contribution in [1.29, 1.82) is 0 Å². The van der Waals surface area contributed by atoms with Crippen LogP contribution < -0.4 is 10.1 Å². The smallest absolute Gasteiger partial charge is 0.123 e. The zero-order valence-corrected chi connectivity index (χ0v) is 15.7. The van der Waals surface area contributed by atoms with E-state index in [0.29, 0.717) is 6.04 Å². The predicted octanol–water partition coefficient (Wildman–Crippen LogP) is 5.38. The molecule has 3 aromatic carbocycles. The predicted molar refractivity (Wildman–Crippen MR) is 109 cm³/mol. The highest BCUT2D eigenvalue weighted by Crippen LogP contribution is 2.28. The molecular weight excluding hydrogens is 330 g/mol. The van der Waals surface area contributed by atoms with Gasteiger partial charge in [-0.2, -0.15) is 0 Å². The summed E-state index contributed by atoms with van der Waals surface area (Å²) in [5.41, 5.74) is 2.64. The summed E-state index contributed by atoms with van der Waals surface area (Å²) in [7, 11) is 1.74. The molecule has 0 heterocycles. The van der Waals surface area contributed by atoms with Crippen molar-refractivity contribution < 1.29 is 4.74 Å². The zero-order valence-electron chi connectivity index (χ0n) is 14.9. The highest BCUT2D eigenvalue weighted by Gasteiger charge is 2.10. The van der Waals surface area contributed by atoms with Crippen LogP contribution in [0.15, 0.2) is 66.7 Å². The van der Waals surface area contributed by atoms with Gasteiger partial charge in [0, 0.05) is 18.2 Å². The number of hydrogen-bond donors (Lipinski definition) is 1. The molecule has 3 rings (SSSR count). The van der Waals surface area contributed by atoms with Crippen LogP contribution in [0, 0.1) is 0 Å². The van der Waals surface area contributed by atoms with Gasteiger partial charge >= 0.3 is 0 Å². The van der Waals surface area contributed by atoms with Crippen molar-refractivity contribution in [3.63, 3.8) is 0 Å². The molecule has 3 heteroatoms. The fourth-order valence-corrected chi connectivity index (χ4v) is 3.10. The van der Waals surface area contributed by atoms with Crippen molar-refractivity contribution in [3.05, 3.63) is 77.9 Å². The van der Waals surface area contributed by atoms with Crippen molar-refractivity contribution in [2.24, 2.45) is 0 Å². The summed E-state index contributed by atoms with van der Waals surface area (Å²) >= 11 is 0. The van der Waals surface area contributed by atoms with Gasteiger partial charge < -0.3 is 10.1 Å². The first-order valence-electron chi connectivity index (χ1n) is 8.60. The number of nitrogens with one attached hydrogen (secondary N) is 1. The molecule has 0 saturated carbocycles. The third-order valence-electron chi connectivity index (χ3n) is 4.55. The lowest BCUT2D eigenvalue weighted by Crippen LogP contribution is -2.26. The van der Waals surface area contributed by atoms with Gasteiger partial charge in [0.15, 0.2) is 0 Å². The van der Waals surface area contributed by atoms with Crippen molar-refractivity contribution in [2.45, 2.75) is 32.4 Å². The van der Waals surface area contributed by atoms with E-state index in [2.05, 4.69) is 79.0 Å². The Morgan fingerprint density at radius 3 is 2.40 bits per heavy atom. The maximum absolute atomic E-state index is 5.58. The van der Waals surface area contributed by atoms with E-state index in [1.54, 1.807) is 7.11 Å². The van der Waals surface area contributed by atoms with E-state index in [1.807, 2.05) is 0 Å². The van der Waals surface area contributed by atoms with Crippen molar-refractivity contribution in [2.75, 3.05) is 7.11 Å². The molecule has 0 aliphatic rings. The Morgan fingerprint density at radius 1 is 0.920 bits per heavy atom. The van der Waals surface area contributed by atoms with E-state index in [0.717, 1.165) is 25.1 Å². The number of rotatable bonds is 7. The van der Waals surface area contributed by atoms with E-state index in [9.17, 15) is 0 Å². The van der Waals surface area contributed by atoms with Crippen LogP contribution in [-0.2, 0) is 13.0 Å². The summed E-state index contributed by atoms with van der Waals surface area (Å²) in [4.78, 5) is 0. The molecule has 0 aliphatic carbocycles. The Balaban J connectivity index is 0.00000225. The van der Waals surface area contributed by atoms with E-state index < -0.39 is 0 Å². The van der Waals surface area contributed by atoms with Crippen molar-refractivity contribution in [1.82, 2.24) is 5.32 Å². The number of aryl methyl sites for hydroxylation is 1. The van der Waals surface area contributed by atoms with E-state index in [4.69, 9.17) is 4.74 Å². The molecular formula is C22H26ClNO. The topological polar surface area (TPSA) is 21.3 Å². The van der Waals surface area contributed by atoms with Crippen LogP contribution >= 0.6 is 12.4 Å². The number of hydrogen-bond acceptors (Lipinski definition) is 2. The summed E-state index contributed by atoms with van der Waals surface area (Å²) < 4.78 is 5.58. The first-order chi connectivity index (χ1) is 11.8. The van der Waals surface area contributed by atoms with E-state index >= 15 is 0 Å². The number of methoxy groups -OCH3 is 1. The van der Waals surface area contributed by atoms with Crippen molar-refractivity contribution >= 4 is 23.2 Å². The van der Waals surface area contributed by atoms with Gasteiger partial charge in [0.2, 0.25) is 0 Å².